The molecule has 0 atom stereocenters. The van der Waals surface area contributed by atoms with Crippen molar-refractivity contribution in [1.82, 2.24) is 10.2 Å². The molecule has 1 rings (SSSR count). The van der Waals surface area contributed by atoms with Crippen LogP contribution in [0.2, 0.25) is 0 Å². The van der Waals surface area contributed by atoms with Crippen LogP contribution in [0.25, 0.3) is 0 Å². The summed E-state index contributed by atoms with van der Waals surface area (Å²) in [6, 6.07) is 0. The number of hydrogen-bond donors (Lipinski definition) is 1. The average Bonchev–Trinajstić information content (AvgIpc) is 2.70. The van der Waals surface area contributed by atoms with Gasteiger partial charge in [-0.25, -0.2) is 0 Å². The van der Waals surface area contributed by atoms with Gasteiger partial charge in [0.15, 0.2) is 0 Å². The zero-order valence-corrected chi connectivity index (χ0v) is 18.4. The molecule has 0 aromatic heterocycles. The van der Waals surface area contributed by atoms with E-state index in [1.807, 2.05) is 0 Å². The number of nitrogens with zero attached hydrogens (tertiary/aromatic N) is 1. The minimum Gasteiger partial charge on any atom is -0.315 e. The Hall–Kier alpha value is -0.600. The van der Waals surface area contributed by atoms with Crippen LogP contribution in [0.4, 0.5) is 0 Å². The van der Waals surface area contributed by atoms with Crippen molar-refractivity contribution in [2.45, 2.75) is 103 Å². The summed E-state index contributed by atoms with van der Waals surface area (Å²) < 4.78 is 0. The van der Waals surface area contributed by atoms with Crippen LogP contribution in [0.1, 0.15) is 103 Å². The molecule has 1 aliphatic rings. The molecule has 0 saturated carbocycles. The summed E-state index contributed by atoms with van der Waals surface area (Å²) in [5.41, 5.74) is 0. The molecule has 0 aromatic rings. The van der Waals surface area contributed by atoms with Crippen LogP contribution in [0.5, 0.6) is 0 Å². The molecule has 1 heterocycles. The monoisotopic (exact) mass is 376 g/mol. The van der Waals surface area contributed by atoms with Gasteiger partial charge in [0.25, 0.3) is 0 Å². The molecule has 1 saturated heterocycles. The predicted molar refractivity (Wildman–Crippen MR) is 123 cm³/mol. The molecule has 2 heteroatoms. The fraction of sp³-hybridized carbons (Fsp3) is 0.840. The average molecular weight is 377 g/mol. The molecule has 0 aliphatic carbocycles. The Bertz CT molecular complexity index is 342. The Kier molecular flexibility index (Phi) is 18.2. The van der Waals surface area contributed by atoms with Crippen LogP contribution < -0.4 is 5.32 Å². The number of hydrogen-bond acceptors (Lipinski definition) is 2. The molecule has 0 aromatic carbocycles. The van der Waals surface area contributed by atoms with Gasteiger partial charge >= 0.3 is 0 Å². The first kappa shape index (κ1) is 24.4. The van der Waals surface area contributed by atoms with Crippen LogP contribution in [-0.2, 0) is 0 Å². The molecular formula is C25H48N2. The molecule has 2 nitrogen and oxygen atoms in total. The molecule has 0 bridgehead atoms. The second-order valence-electron chi connectivity index (χ2n) is 8.24. The van der Waals surface area contributed by atoms with Crippen LogP contribution in [0.3, 0.4) is 0 Å². The topological polar surface area (TPSA) is 15.3 Å². The maximum absolute atomic E-state index is 3.63. The third-order valence-electron chi connectivity index (χ3n) is 5.61. The number of unbranched alkanes of at least 4 members (excludes halogenated alkanes) is 9. The van der Waals surface area contributed by atoms with Crippen molar-refractivity contribution in [3.05, 3.63) is 24.3 Å². The Morgan fingerprint density at radius 3 is 2.00 bits per heavy atom. The van der Waals surface area contributed by atoms with Crippen molar-refractivity contribution in [3.63, 3.8) is 0 Å². The van der Waals surface area contributed by atoms with Gasteiger partial charge < -0.3 is 10.2 Å². The molecule has 0 unspecified atom stereocenters. The van der Waals surface area contributed by atoms with Gasteiger partial charge in [-0.3, -0.25) is 0 Å². The number of nitrogens with one attached hydrogen (secondary N) is 1. The highest BCUT2D eigenvalue weighted by Crippen LogP contribution is 2.09. The lowest BCUT2D eigenvalue weighted by molar-refractivity contribution is 0.229. The van der Waals surface area contributed by atoms with Crippen molar-refractivity contribution >= 4 is 0 Å². The SMILES string of the molecule is CCCCC/C=C\C/C=C\CCCCCCCCNCCN1CCCCC1. The number of piperidine rings is 1. The maximum Gasteiger partial charge on any atom is 0.0107 e. The van der Waals surface area contributed by atoms with Gasteiger partial charge in [-0.2, -0.15) is 0 Å². The first-order valence-corrected chi connectivity index (χ1v) is 12.2. The normalized spacial score (nSPS) is 16.0. The van der Waals surface area contributed by atoms with E-state index in [4.69, 9.17) is 0 Å². The molecule has 0 radical (unpaired) electrons. The number of allylic oxidation sites excluding steroid dienone is 4. The van der Waals surface area contributed by atoms with E-state index in [-0.39, 0.29) is 0 Å². The van der Waals surface area contributed by atoms with E-state index >= 15 is 0 Å². The summed E-state index contributed by atoms with van der Waals surface area (Å²) in [5.74, 6) is 0. The summed E-state index contributed by atoms with van der Waals surface area (Å²) in [5, 5.41) is 3.63. The first-order valence-electron chi connectivity index (χ1n) is 12.2. The fourth-order valence-electron chi connectivity index (χ4n) is 3.78. The predicted octanol–water partition coefficient (Wildman–Crippen LogP) is 6.88. The molecule has 1 fully saturated rings. The highest BCUT2D eigenvalue weighted by Gasteiger charge is 2.08. The molecule has 0 spiro atoms. The van der Waals surface area contributed by atoms with E-state index in [9.17, 15) is 0 Å². The highest BCUT2D eigenvalue weighted by molar-refractivity contribution is 4.92. The van der Waals surface area contributed by atoms with Gasteiger partial charge in [-0.1, -0.05) is 76.2 Å². The highest BCUT2D eigenvalue weighted by atomic mass is 15.1. The molecular weight excluding hydrogens is 328 g/mol. The smallest absolute Gasteiger partial charge is 0.0107 e. The van der Waals surface area contributed by atoms with Crippen molar-refractivity contribution in [2.75, 3.05) is 32.7 Å². The minimum atomic E-state index is 1.12. The van der Waals surface area contributed by atoms with E-state index in [2.05, 4.69) is 41.4 Å². The third kappa shape index (κ3) is 17.2. The largest absolute Gasteiger partial charge is 0.315 e. The lowest BCUT2D eigenvalue weighted by Gasteiger charge is -2.26. The summed E-state index contributed by atoms with van der Waals surface area (Å²) in [4.78, 5) is 2.62. The lowest BCUT2D eigenvalue weighted by Crippen LogP contribution is -2.36. The Labute approximate surface area is 170 Å². The summed E-state index contributed by atoms with van der Waals surface area (Å²) in [6.07, 6.45) is 29.7. The Balaban J connectivity index is 1.72. The van der Waals surface area contributed by atoms with E-state index in [1.165, 1.54) is 123 Å². The number of rotatable bonds is 18. The minimum absolute atomic E-state index is 1.12. The van der Waals surface area contributed by atoms with Crippen LogP contribution in [-0.4, -0.2) is 37.6 Å². The maximum atomic E-state index is 3.63. The van der Waals surface area contributed by atoms with Gasteiger partial charge in [0.1, 0.15) is 0 Å². The van der Waals surface area contributed by atoms with Gasteiger partial charge in [0, 0.05) is 13.1 Å². The Morgan fingerprint density at radius 2 is 1.30 bits per heavy atom. The van der Waals surface area contributed by atoms with Gasteiger partial charge in [0.05, 0.1) is 0 Å². The van der Waals surface area contributed by atoms with Gasteiger partial charge in [0.2, 0.25) is 0 Å². The zero-order valence-electron chi connectivity index (χ0n) is 18.4. The van der Waals surface area contributed by atoms with E-state index in [0.29, 0.717) is 0 Å². The molecule has 0 amide bonds. The standard InChI is InChI=1S/C25H48N2/c1-2-3-4-5-6-7-8-9-10-11-12-13-14-15-16-18-21-26-22-25-27-23-19-17-20-24-27/h6-7,9-10,26H,2-5,8,11-25H2,1H3/b7-6-,10-9-. The van der Waals surface area contributed by atoms with E-state index < -0.39 is 0 Å². The fourth-order valence-corrected chi connectivity index (χ4v) is 3.78. The number of likely N-dealkylation sites (tertiary alicyclic amines) is 1. The molecule has 158 valence electrons. The van der Waals surface area contributed by atoms with Gasteiger partial charge in [-0.15, -0.1) is 0 Å². The molecule has 1 aliphatic heterocycles. The second kappa shape index (κ2) is 20.1. The first-order chi connectivity index (χ1) is 13.4. The van der Waals surface area contributed by atoms with Crippen LogP contribution in [0.15, 0.2) is 24.3 Å². The van der Waals surface area contributed by atoms with Gasteiger partial charge in [-0.05, 0) is 71.0 Å². The van der Waals surface area contributed by atoms with Crippen molar-refractivity contribution < 1.29 is 0 Å². The lowest BCUT2D eigenvalue weighted by atomic mass is 10.1. The van der Waals surface area contributed by atoms with Crippen LogP contribution >= 0.6 is 0 Å². The molecule has 27 heavy (non-hydrogen) atoms. The van der Waals surface area contributed by atoms with Crippen molar-refractivity contribution in [2.24, 2.45) is 0 Å². The van der Waals surface area contributed by atoms with E-state index in [0.717, 1.165) is 6.42 Å². The molecule has 1 N–H and O–H groups in total. The van der Waals surface area contributed by atoms with Crippen molar-refractivity contribution in [3.8, 4) is 0 Å². The third-order valence-corrected chi connectivity index (χ3v) is 5.61. The van der Waals surface area contributed by atoms with E-state index in [1.54, 1.807) is 0 Å². The summed E-state index contributed by atoms with van der Waals surface area (Å²) in [6.45, 7) is 8.56. The van der Waals surface area contributed by atoms with Crippen LogP contribution in [0, 0.1) is 0 Å². The quantitative estimate of drug-likeness (QED) is 0.207. The summed E-state index contributed by atoms with van der Waals surface area (Å²) in [7, 11) is 0. The second-order valence-corrected chi connectivity index (χ2v) is 8.24. The van der Waals surface area contributed by atoms with Crippen molar-refractivity contribution in [1.29, 1.82) is 0 Å². The Morgan fingerprint density at radius 1 is 0.667 bits per heavy atom. The zero-order chi connectivity index (χ0) is 19.3. The summed E-state index contributed by atoms with van der Waals surface area (Å²) >= 11 is 0.